The molecule has 0 heterocycles. The fraction of sp³-hybridized carbons (Fsp3) is 0.200. The maximum absolute atomic E-state index is 13.8. The van der Waals surface area contributed by atoms with Crippen LogP contribution in [0, 0.1) is 11.6 Å². The summed E-state index contributed by atoms with van der Waals surface area (Å²) in [6, 6.07) is 8.81. The molecule has 2 rings (SSSR count). The van der Waals surface area contributed by atoms with Crippen LogP contribution in [0.2, 0.25) is 0 Å². The highest BCUT2D eigenvalue weighted by Crippen LogP contribution is 2.24. The van der Waals surface area contributed by atoms with Gasteiger partial charge in [0.25, 0.3) is 0 Å². The second-order valence-electron chi connectivity index (χ2n) is 4.45. The average Bonchev–Trinajstić information content (AvgIpc) is 2.38. The van der Waals surface area contributed by atoms with E-state index in [4.69, 9.17) is 10.5 Å². The van der Waals surface area contributed by atoms with Crippen molar-refractivity contribution in [3.63, 3.8) is 0 Å². The van der Waals surface area contributed by atoms with Crippen molar-refractivity contribution in [1.82, 2.24) is 0 Å². The topological polar surface area (TPSA) is 35.2 Å². The van der Waals surface area contributed by atoms with Crippen molar-refractivity contribution in [2.75, 3.05) is 7.11 Å². The van der Waals surface area contributed by atoms with Crippen molar-refractivity contribution in [3.8, 4) is 5.75 Å². The summed E-state index contributed by atoms with van der Waals surface area (Å²) in [5.41, 5.74) is 7.09. The highest BCUT2D eigenvalue weighted by molar-refractivity contribution is 9.10. The standard InChI is InChI=1S/C15H14BrF2NO/c1-20-15-5-2-9(6-13(15)18)7-14(19)11-4-3-10(16)8-12(11)17/h2-6,8,14H,7,19H2,1H3. The molecule has 0 aliphatic rings. The molecule has 2 aromatic rings. The first-order chi connectivity index (χ1) is 9.51. The van der Waals surface area contributed by atoms with Crippen LogP contribution in [0.15, 0.2) is 40.9 Å². The van der Waals surface area contributed by atoms with E-state index < -0.39 is 11.9 Å². The predicted octanol–water partition coefficient (Wildman–Crippen LogP) is 3.98. The van der Waals surface area contributed by atoms with E-state index >= 15 is 0 Å². The Kier molecular flexibility index (Phi) is 4.73. The molecule has 0 radical (unpaired) electrons. The van der Waals surface area contributed by atoms with E-state index in [1.165, 1.54) is 25.3 Å². The van der Waals surface area contributed by atoms with Crippen LogP contribution in [-0.2, 0) is 6.42 Å². The number of benzene rings is 2. The fourth-order valence-corrected chi connectivity index (χ4v) is 2.34. The number of ether oxygens (including phenoxy) is 1. The van der Waals surface area contributed by atoms with Gasteiger partial charge in [0.2, 0.25) is 0 Å². The third-order valence-electron chi connectivity index (χ3n) is 3.03. The van der Waals surface area contributed by atoms with Gasteiger partial charge in [-0.25, -0.2) is 8.78 Å². The van der Waals surface area contributed by atoms with Crippen molar-refractivity contribution in [3.05, 3.63) is 63.6 Å². The number of hydrogen-bond acceptors (Lipinski definition) is 2. The summed E-state index contributed by atoms with van der Waals surface area (Å²) < 4.78 is 32.9. The summed E-state index contributed by atoms with van der Waals surface area (Å²) in [5, 5.41) is 0. The lowest BCUT2D eigenvalue weighted by molar-refractivity contribution is 0.386. The maximum atomic E-state index is 13.8. The lowest BCUT2D eigenvalue weighted by Gasteiger charge is -2.14. The first kappa shape index (κ1) is 14.9. The monoisotopic (exact) mass is 341 g/mol. The molecular weight excluding hydrogens is 328 g/mol. The van der Waals surface area contributed by atoms with Gasteiger partial charge in [0.15, 0.2) is 11.6 Å². The zero-order valence-electron chi connectivity index (χ0n) is 10.9. The summed E-state index contributed by atoms with van der Waals surface area (Å²) in [6.07, 6.45) is 0.347. The molecule has 0 amide bonds. The number of halogens is 3. The molecule has 0 fully saturated rings. The quantitative estimate of drug-likeness (QED) is 0.912. The van der Waals surface area contributed by atoms with Crippen molar-refractivity contribution < 1.29 is 13.5 Å². The fourth-order valence-electron chi connectivity index (χ4n) is 2.00. The highest BCUT2D eigenvalue weighted by atomic mass is 79.9. The summed E-state index contributed by atoms with van der Waals surface area (Å²) in [7, 11) is 1.40. The predicted molar refractivity (Wildman–Crippen MR) is 77.7 cm³/mol. The van der Waals surface area contributed by atoms with E-state index in [1.54, 1.807) is 18.2 Å². The molecule has 0 saturated carbocycles. The molecule has 5 heteroatoms. The number of methoxy groups -OCH3 is 1. The van der Waals surface area contributed by atoms with Gasteiger partial charge in [0.05, 0.1) is 7.11 Å². The molecule has 2 N–H and O–H groups in total. The van der Waals surface area contributed by atoms with E-state index in [0.717, 1.165) is 0 Å². The molecule has 1 atom stereocenters. The molecule has 2 aromatic carbocycles. The molecule has 106 valence electrons. The third kappa shape index (κ3) is 3.35. The SMILES string of the molecule is COc1ccc(CC(N)c2ccc(Br)cc2F)cc1F. The summed E-state index contributed by atoms with van der Waals surface area (Å²) >= 11 is 3.19. The second kappa shape index (κ2) is 6.33. The maximum Gasteiger partial charge on any atom is 0.165 e. The van der Waals surface area contributed by atoms with Gasteiger partial charge < -0.3 is 10.5 Å². The van der Waals surface area contributed by atoms with Crippen molar-refractivity contribution >= 4 is 15.9 Å². The Morgan fingerprint density at radius 2 is 1.90 bits per heavy atom. The molecule has 2 nitrogen and oxygen atoms in total. The Morgan fingerprint density at radius 1 is 1.15 bits per heavy atom. The van der Waals surface area contributed by atoms with Crippen LogP contribution in [-0.4, -0.2) is 7.11 Å². The van der Waals surface area contributed by atoms with Gasteiger partial charge in [0.1, 0.15) is 5.82 Å². The van der Waals surface area contributed by atoms with Crippen molar-refractivity contribution in [1.29, 1.82) is 0 Å². The average molecular weight is 342 g/mol. The van der Waals surface area contributed by atoms with Gasteiger partial charge in [-0.15, -0.1) is 0 Å². The van der Waals surface area contributed by atoms with Crippen LogP contribution in [0.4, 0.5) is 8.78 Å². The summed E-state index contributed by atoms with van der Waals surface area (Å²) in [6.45, 7) is 0. The van der Waals surface area contributed by atoms with E-state index in [9.17, 15) is 8.78 Å². The lowest BCUT2D eigenvalue weighted by Crippen LogP contribution is -2.15. The molecule has 20 heavy (non-hydrogen) atoms. The van der Waals surface area contributed by atoms with Gasteiger partial charge >= 0.3 is 0 Å². The second-order valence-corrected chi connectivity index (χ2v) is 5.36. The van der Waals surface area contributed by atoms with Gasteiger partial charge in [-0.2, -0.15) is 0 Å². The molecule has 1 unspecified atom stereocenters. The molecule has 0 aliphatic heterocycles. The van der Waals surface area contributed by atoms with E-state index in [-0.39, 0.29) is 11.6 Å². The van der Waals surface area contributed by atoms with Gasteiger partial charge in [-0.05, 0) is 36.2 Å². The number of hydrogen-bond donors (Lipinski definition) is 1. The van der Waals surface area contributed by atoms with E-state index in [1.807, 2.05) is 0 Å². The van der Waals surface area contributed by atoms with Crippen LogP contribution >= 0.6 is 15.9 Å². The highest BCUT2D eigenvalue weighted by Gasteiger charge is 2.13. The molecule has 0 aliphatic carbocycles. The zero-order valence-corrected chi connectivity index (χ0v) is 12.5. The molecule has 0 aromatic heterocycles. The number of rotatable bonds is 4. The third-order valence-corrected chi connectivity index (χ3v) is 3.53. The Bertz CT molecular complexity index is 619. The summed E-state index contributed by atoms with van der Waals surface area (Å²) in [4.78, 5) is 0. The Balaban J connectivity index is 2.18. The van der Waals surface area contributed by atoms with Crippen molar-refractivity contribution in [2.24, 2.45) is 5.73 Å². The number of nitrogens with two attached hydrogens (primary N) is 1. The molecule has 0 bridgehead atoms. The van der Waals surface area contributed by atoms with Crippen molar-refractivity contribution in [2.45, 2.75) is 12.5 Å². The Hall–Kier alpha value is -1.46. The Morgan fingerprint density at radius 3 is 2.50 bits per heavy atom. The van der Waals surface area contributed by atoms with Crippen LogP contribution in [0.5, 0.6) is 5.75 Å². The first-order valence-electron chi connectivity index (χ1n) is 6.04. The molecule has 0 spiro atoms. The van der Waals surface area contributed by atoms with Gasteiger partial charge in [-0.3, -0.25) is 0 Å². The minimum atomic E-state index is -0.532. The van der Waals surface area contributed by atoms with E-state index in [2.05, 4.69) is 15.9 Å². The summed E-state index contributed by atoms with van der Waals surface area (Å²) in [5.74, 6) is -0.647. The molecule has 0 saturated heterocycles. The normalized spacial score (nSPS) is 12.2. The minimum Gasteiger partial charge on any atom is -0.494 e. The lowest BCUT2D eigenvalue weighted by atomic mass is 9.99. The van der Waals surface area contributed by atoms with Crippen LogP contribution < -0.4 is 10.5 Å². The van der Waals surface area contributed by atoms with Crippen LogP contribution in [0.25, 0.3) is 0 Å². The largest absolute Gasteiger partial charge is 0.494 e. The minimum absolute atomic E-state index is 0.178. The van der Waals surface area contributed by atoms with Crippen LogP contribution in [0.3, 0.4) is 0 Å². The van der Waals surface area contributed by atoms with Gasteiger partial charge in [0, 0.05) is 16.1 Å². The Labute approximate surface area is 124 Å². The smallest absolute Gasteiger partial charge is 0.165 e. The van der Waals surface area contributed by atoms with Gasteiger partial charge in [-0.1, -0.05) is 28.1 Å². The van der Waals surface area contributed by atoms with E-state index in [0.29, 0.717) is 22.0 Å². The van der Waals surface area contributed by atoms with Crippen LogP contribution in [0.1, 0.15) is 17.2 Å². The first-order valence-corrected chi connectivity index (χ1v) is 6.83. The zero-order chi connectivity index (χ0) is 14.7. The molecular formula is C15H14BrF2NO.